The fourth-order valence-electron chi connectivity index (χ4n) is 2.06. The summed E-state index contributed by atoms with van der Waals surface area (Å²) in [6, 6.07) is 17.4. The molecular formula is C16H12ClNO. The first-order valence-electron chi connectivity index (χ1n) is 6.03. The minimum Gasteiger partial charge on any atom is -0.392 e. The van der Waals surface area contributed by atoms with Crippen molar-refractivity contribution in [2.75, 3.05) is 0 Å². The third-order valence-electron chi connectivity index (χ3n) is 3.09. The molecule has 94 valence electrons. The number of fused-ring (bicyclic) bond motifs is 1. The Morgan fingerprint density at radius 2 is 1.74 bits per heavy atom. The molecule has 19 heavy (non-hydrogen) atoms. The van der Waals surface area contributed by atoms with E-state index >= 15 is 0 Å². The number of aliphatic hydroxyl groups is 1. The Morgan fingerprint density at radius 1 is 1.00 bits per heavy atom. The molecule has 3 heteroatoms. The van der Waals surface area contributed by atoms with Gasteiger partial charge in [0.25, 0.3) is 0 Å². The van der Waals surface area contributed by atoms with Gasteiger partial charge in [-0.1, -0.05) is 54.1 Å². The molecule has 3 aromatic rings. The summed E-state index contributed by atoms with van der Waals surface area (Å²) in [5, 5.41) is 10.7. The summed E-state index contributed by atoms with van der Waals surface area (Å²) in [4.78, 5) is 4.61. The maximum Gasteiger partial charge on any atom is 0.0895 e. The largest absolute Gasteiger partial charge is 0.392 e. The molecule has 0 aliphatic carbocycles. The van der Waals surface area contributed by atoms with Gasteiger partial charge in [0, 0.05) is 10.9 Å². The molecule has 0 fully saturated rings. The normalized spacial score (nSPS) is 10.8. The lowest BCUT2D eigenvalue weighted by molar-refractivity contribution is 0.282. The van der Waals surface area contributed by atoms with E-state index in [0.29, 0.717) is 5.02 Å². The summed E-state index contributed by atoms with van der Waals surface area (Å²) in [6.07, 6.45) is 0. The number of hydrogen-bond acceptors (Lipinski definition) is 2. The molecular weight excluding hydrogens is 258 g/mol. The Morgan fingerprint density at radius 3 is 2.47 bits per heavy atom. The maximum absolute atomic E-state index is 9.05. The second kappa shape index (κ2) is 5.00. The number of rotatable bonds is 2. The molecule has 1 N–H and O–H groups in total. The van der Waals surface area contributed by atoms with Crippen molar-refractivity contribution in [2.45, 2.75) is 6.61 Å². The predicted molar refractivity (Wildman–Crippen MR) is 78.1 cm³/mol. The quantitative estimate of drug-likeness (QED) is 0.761. The highest BCUT2D eigenvalue weighted by Crippen LogP contribution is 2.29. The fourth-order valence-corrected chi connectivity index (χ4v) is 2.33. The summed E-state index contributed by atoms with van der Waals surface area (Å²) < 4.78 is 0. The van der Waals surface area contributed by atoms with Gasteiger partial charge in [-0.05, 0) is 17.7 Å². The summed E-state index contributed by atoms with van der Waals surface area (Å²) in [7, 11) is 0. The van der Waals surface area contributed by atoms with Gasteiger partial charge in [-0.2, -0.15) is 0 Å². The molecule has 1 heterocycles. The van der Waals surface area contributed by atoms with Crippen molar-refractivity contribution in [3.63, 3.8) is 0 Å². The first-order valence-corrected chi connectivity index (χ1v) is 6.41. The number of pyridine rings is 1. The lowest BCUT2D eigenvalue weighted by atomic mass is 10.1. The van der Waals surface area contributed by atoms with Crippen LogP contribution in [0.1, 0.15) is 5.56 Å². The number of nitrogens with zero attached hydrogens (tertiary/aromatic N) is 1. The van der Waals surface area contributed by atoms with E-state index in [4.69, 9.17) is 16.7 Å². The van der Waals surface area contributed by atoms with E-state index in [1.165, 1.54) is 0 Å². The highest BCUT2D eigenvalue weighted by molar-refractivity contribution is 6.33. The Labute approximate surface area is 116 Å². The molecule has 2 aromatic carbocycles. The smallest absolute Gasteiger partial charge is 0.0895 e. The van der Waals surface area contributed by atoms with Gasteiger partial charge in [-0.25, -0.2) is 4.98 Å². The molecule has 0 aliphatic heterocycles. The number of halogens is 1. The van der Waals surface area contributed by atoms with Crippen LogP contribution in [0, 0.1) is 0 Å². The maximum atomic E-state index is 9.05. The molecule has 0 spiro atoms. The van der Waals surface area contributed by atoms with E-state index in [2.05, 4.69) is 4.98 Å². The van der Waals surface area contributed by atoms with Crippen molar-refractivity contribution in [1.29, 1.82) is 0 Å². The Hall–Kier alpha value is -1.90. The molecule has 0 saturated heterocycles. The van der Waals surface area contributed by atoms with Gasteiger partial charge in [0.05, 0.1) is 22.8 Å². The zero-order valence-electron chi connectivity index (χ0n) is 10.2. The average Bonchev–Trinajstić information content (AvgIpc) is 2.47. The number of benzene rings is 2. The Kier molecular flexibility index (Phi) is 3.20. The first-order chi connectivity index (χ1) is 9.28. The molecule has 0 aliphatic rings. The van der Waals surface area contributed by atoms with E-state index in [0.717, 1.165) is 27.7 Å². The van der Waals surface area contributed by atoms with Gasteiger partial charge in [0.15, 0.2) is 0 Å². The minimum atomic E-state index is 0.0408. The zero-order chi connectivity index (χ0) is 13.2. The average molecular weight is 270 g/mol. The van der Waals surface area contributed by atoms with Crippen molar-refractivity contribution in [3.05, 3.63) is 65.2 Å². The van der Waals surface area contributed by atoms with Gasteiger partial charge in [-0.3, -0.25) is 0 Å². The molecule has 1 aromatic heterocycles. The second-order valence-electron chi connectivity index (χ2n) is 4.37. The van der Waals surface area contributed by atoms with Crippen molar-refractivity contribution in [1.82, 2.24) is 4.98 Å². The van der Waals surface area contributed by atoms with Crippen LogP contribution in [-0.2, 0) is 6.61 Å². The number of hydrogen-bond donors (Lipinski definition) is 1. The highest BCUT2D eigenvalue weighted by atomic mass is 35.5. The van der Waals surface area contributed by atoms with Crippen LogP contribution in [0.5, 0.6) is 0 Å². The Balaban J connectivity index is 2.15. The number of aliphatic hydroxyl groups excluding tert-OH is 1. The Bertz CT molecular complexity index is 722. The van der Waals surface area contributed by atoms with E-state index in [1.54, 1.807) is 0 Å². The van der Waals surface area contributed by atoms with Gasteiger partial charge in [-0.15, -0.1) is 0 Å². The predicted octanol–water partition coefficient (Wildman–Crippen LogP) is 4.05. The van der Waals surface area contributed by atoms with Crippen LogP contribution in [-0.4, -0.2) is 10.1 Å². The monoisotopic (exact) mass is 269 g/mol. The lowest BCUT2D eigenvalue weighted by Gasteiger charge is -2.07. The molecule has 0 bridgehead atoms. The van der Waals surface area contributed by atoms with E-state index in [1.807, 2.05) is 54.6 Å². The van der Waals surface area contributed by atoms with Crippen molar-refractivity contribution in [3.8, 4) is 11.3 Å². The van der Waals surface area contributed by atoms with Crippen molar-refractivity contribution >= 4 is 22.5 Å². The van der Waals surface area contributed by atoms with Crippen LogP contribution < -0.4 is 0 Å². The van der Waals surface area contributed by atoms with Crippen LogP contribution in [0.15, 0.2) is 54.6 Å². The summed E-state index contributed by atoms with van der Waals surface area (Å²) >= 11 is 6.30. The van der Waals surface area contributed by atoms with Gasteiger partial charge in [0.2, 0.25) is 0 Å². The van der Waals surface area contributed by atoms with Crippen LogP contribution >= 0.6 is 11.6 Å². The molecule has 0 atom stereocenters. The number of aromatic nitrogens is 1. The second-order valence-corrected chi connectivity index (χ2v) is 4.77. The van der Waals surface area contributed by atoms with Gasteiger partial charge in [0.1, 0.15) is 0 Å². The van der Waals surface area contributed by atoms with Crippen LogP contribution in [0.3, 0.4) is 0 Å². The minimum absolute atomic E-state index is 0.0408. The summed E-state index contributed by atoms with van der Waals surface area (Å²) in [6.45, 7) is 0.0408. The van der Waals surface area contributed by atoms with Crippen molar-refractivity contribution < 1.29 is 5.11 Å². The summed E-state index contributed by atoms with van der Waals surface area (Å²) in [5.74, 6) is 0. The molecule has 2 nitrogen and oxygen atoms in total. The SMILES string of the molecule is OCc1ccc(-c2nc3ccccc3cc2Cl)cc1. The third kappa shape index (κ3) is 2.33. The van der Waals surface area contributed by atoms with E-state index in [-0.39, 0.29) is 6.61 Å². The van der Waals surface area contributed by atoms with Gasteiger partial charge >= 0.3 is 0 Å². The molecule has 0 radical (unpaired) electrons. The highest BCUT2D eigenvalue weighted by Gasteiger charge is 2.07. The number of para-hydroxylation sites is 1. The van der Waals surface area contributed by atoms with Gasteiger partial charge < -0.3 is 5.11 Å². The fraction of sp³-hybridized carbons (Fsp3) is 0.0625. The summed E-state index contributed by atoms with van der Waals surface area (Å²) in [5.41, 5.74) is 3.52. The van der Waals surface area contributed by atoms with Crippen molar-refractivity contribution in [2.24, 2.45) is 0 Å². The molecule has 0 unspecified atom stereocenters. The van der Waals surface area contributed by atoms with Crippen LogP contribution in [0.25, 0.3) is 22.2 Å². The van der Waals surface area contributed by atoms with E-state index < -0.39 is 0 Å². The molecule has 0 amide bonds. The van der Waals surface area contributed by atoms with Crippen LogP contribution in [0.4, 0.5) is 0 Å². The molecule has 3 rings (SSSR count). The third-order valence-corrected chi connectivity index (χ3v) is 3.38. The zero-order valence-corrected chi connectivity index (χ0v) is 10.9. The van der Waals surface area contributed by atoms with E-state index in [9.17, 15) is 0 Å². The topological polar surface area (TPSA) is 33.1 Å². The standard InChI is InChI=1S/C16H12ClNO/c17-14-9-13-3-1-2-4-15(13)18-16(14)12-7-5-11(10-19)6-8-12/h1-9,19H,10H2. The first kappa shape index (κ1) is 12.2. The lowest BCUT2D eigenvalue weighted by Crippen LogP contribution is -1.88. The molecule has 0 saturated carbocycles. The van der Waals surface area contributed by atoms with Crippen LogP contribution in [0.2, 0.25) is 5.02 Å².